The van der Waals surface area contributed by atoms with Gasteiger partial charge in [0.2, 0.25) is 0 Å². The van der Waals surface area contributed by atoms with Gasteiger partial charge in [-0.1, -0.05) is 0 Å². The van der Waals surface area contributed by atoms with E-state index in [2.05, 4.69) is 25.8 Å². The first-order chi connectivity index (χ1) is 4.98. The molecule has 4 nitrogen and oxygen atoms in total. The second-order valence-electron chi connectivity index (χ2n) is 3.14. The summed E-state index contributed by atoms with van der Waals surface area (Å²) in [7, 11) is 4.15. The number of carbonyl (C=O) groups is 1. The number of quaternary nitrogens is 1. The highest BCUT2D eigenvalue weighted by molar-refractivity contribution is 5.64. The van der Waals surface area contributed by atoms with Crippen LogP contribution in [0.2, 0.25) is 0 Å². The minimum absolute atomic E-state index is 0. The first-order valence-electron chi connectivity index (χ1n) is 3.72. The maximum atomic E-state index is 10.2. The summed E-state index contributed by atoms with van der Waals surface area (Å²) in [6.45, 7) is 4.31. The summed E-state index contributed by atoms with van der Waals surface area (Å²) >= 11 is 0. The molecular weight excluding hydrogens is 224 g/mol. The topological polar surface area (TPSA) is 52.3 Å². The molecule has 74 valence electrons. The van der Waals surface area contributed by atoms with E-state index in [1.807, 2.05) is 0 Å². The van der Waals surface area contributed by atoms with E-state index in [0.717, 1.165) is 17.6 Å². The Kier molecular flexibility index (Phi) is 7.42. The van der Waals surface area contributed by atoms with Gasteiger partial charge in [-0.2, -0.15) is 0 Å². The Morgan fingerprint density at radius 1 is 1.50 bits per heavy atom. The van der Waals surface area contributed by atoms with Gasteiger partial charge in [0.1, 0.15) is 13.2 Å². The van der Waals surface area contributed by atoms with Gasteiger partial charge in [-0.25, -0.2) is 4.79 Å². The predicted octanol–water partition coefficient (Wildman–Crippen LogP) is -2.82. The van der Waals surface area contributed by atoms with Crippen molar-refractivity contribution >= 4 is 6.09 Å². The third kappa shape index (κ3) is 7.81. The quantitative estimate of drug-likeness (QED) is 0.540. The third-order valence-corrected chi connectivity index (χ3v) is 1.80. The molecule has 0 unspecified atom stereocenters. The summed E-state index contributed by atoms with van der Waals surface area (Å²) in [5.74, 6) is 0. The van der Waals surface area contributed by atoms with E-state index in [1.165, 1.54) is 0 Å². The maximum Gasteiger partial charge on any atom is 0.404 e. The zero-order chi connectivity index (χ0) is 8.91. The second kappa shape index (κ2) is 6.25. The van der Waals surface area contributed by atoms with Crippen molar-refractivity contribution in [2.75, 3.05) is 33.8 Å². The summed E-state index contributed by atoms with van der Waals surface area (Å²) in [6.07, 6.45) is -0.693. The van der Waals surface area contributed by atoms with Gasteiger partial charge in [0.05, 0.1) is 20.6 Å². The summed E-state index contributed by atoms with van der Waals surface area (Å²) in [5, 5.41) is 0. The van der Waals surface area contributed by atoms with Crippen LogP contribution in [0.25, 0.3) is 0 Å². The van der Waals surface area contributed by atoms with Gasteiger partial charge >= 0.3 is 6.09 Å². The van der Waals surface area contributed by atoms with Crippen LogP contribution in [-0.4, -0.2) is 44.4 Å². The minimum Gasteiger partial charge on any atom is -1.00 e. The van der Waals surface area contributed by atoms with Crippen LogP contribution in [0.1, 0.15) is 6.92 Å². The molecule has 5 heteroatoms. The lowest BCUT2D eigenvalue weighted by Gasteiger charge is -2.27. The molecule has 0 aliphatic carbocycles. The number of hydrogen-bond acceptors (Lipinski definition) is 2. The van der Waals surface area contributed by atoms with E-state index in [-0.39, 0.29) is 17.0 Å². The average Bonchev–Trinajstić information content (AvgIpc) is 1.87. The number of amides is 1. The highest BCUT2D eigenvalue weighted by Gasteiger charge is 2.11. The van der Waals surface area contributed by atoms with E-state index < -0.39 is 6.09 Å². The van der Waals surface area contributed by atoms with Crippen LogP contribution in [0.3, 0.4) is 0 Å². The molecule has 1 amide bonds. The van der Waals surface area contributed by atoms with Crippen molar-refractivity contribution in [2.24, 2.45) is 5.73 Å². The van der Waals surface area contributed by atoms with E-state index >= 15 is 0 Å². The number of nitrogens with zero attached hydrogens (tertiary/aromatic N) is 1. The third-order valence-electron chi connectivity index (χ3n) is 1.80. The Bertz CT molecular complexity index is 139. The molecule has 0 aromatic heterocycles. The molecule has 12 heavy (non-hydrogen) atoms. The molecule has 0 atom stereocenters. The summed E-state index contributed by atoms with van der Waals surface area (Å²) in [6, 6.07) is 0. The highest BCUT2D eigenvalue weighted by atomic mass is 79.9. The average molecular weight is 241 g/mol. The molecule has 0 bridgehead atoms. The minimum atomic E-state index is -0.693. The number of carbonyl (C=O) groups excluding carboxylic acids is 1. The SMILES string of the molecule is CC[N+](C)(C)CCOC(N)=O.[Br-]. The number of rotatable bonds is 4. The molecule has 0 heterocycles. The van der Waals surface area contributed by atoms with E-state index in [1.54, 1.807) is 0 Å². The van der Waals surface area contributed by atoms with Gasteiger partial charge in [-0.05, 0) is 6.92 Å². The first-order valence-corrected chi connectivity index (χ1v) is 3.72. The van der Waals surface area contributed by atoms with Crippen molar-refractivity contribution in [2.45, 2.75) is 6.92 Å². The molecule has 0 saturated carbocycles. The molecule has 0 fully saturated rings. The van der Waals surface area contributed by atoms with Crippen molar-refractivity contribution in [3.05, 3.63) is 0 Å². The number of halogens is 1. The lowest BCUT2D eigenvalue weighted by atomic mass is 10.4. The van der Waals surface area contributed by atoms with Gasteiger partial charge in [0, 0.05) is 0 Å². The smallest absolute Gasteiger partial charge is 0.404 e. The van der Waals surface area contributed by atoms with Crippen LogP contribution in [0.15, 0.2) is 0 Å². The van der Waals surface area contributed by atoms with Crippen molar-refractivity contribution < 1.29 is 31.0 Å². The number of nitrogens with two attached hydrogens (primary N) is 1. The zero-order valence-electron chi connectivity index (χ0n) is 7.84. The first kappa shape index (κ1) is 14.2. The molecule has 0 radical (unpaired) electrons. The number of likely N-dealkylation sites (N-methyl/N-ethyl adjacent to an activating group) is 1. The Morgan fingerprint density at radius 3 is 2.33 bits per heavy atom. The van der Waals surface area contributed by atoms with Crippen molar-refractivity contribution in [1.29, 1.82) is 0 Å². The molecule has 0 saturated heterocycles. The molecule has 0 aromatic carbocycles. The van der Waals surface area contributed by atoms with E-state index in [4.69, 9.17) is 5.73 Å². The Hall–Kier alpha value is -0.290. The highest BCUT2D eigenvalue weighted by Crippen LogP contribution is 1.94. The van der Waals surface area contributed by atoms with E-state index in [9.17, 15) is 4.79 Å². The molecule has 2 N–H and O–H groups in total. The normalized spacial score (nSPS) is 10.2. The van der Waals surface area contributed by atoms with Gasteiger partial charge in [-0.15, -0.1) is 0 Å². The summed E-state index contributed by atoms with van der Waals surface area (Å²) < 4.78 is 5.44. The fourth-order valence-electron chi connectivity index (χ4n) is 0.551. The standard InChI is InChI=1S/C7H16N2O2.BrH/c1-4-9(2,3)5-6-11-7(8)10;/h4-6H2,1-3H3,(H-,8,10);1H. The fourth-order valence-corrected chi connectivity index (χ4v) is 0.551. The summed E-state index contributed by atoms with van der Waals surface area (Å²) in [5.41, 5.74) is 4.80. The van der Waals surface area contributed by atoms with Crippen LogP contribution in [0.4, 0.5) is 4.79 Å². The van der Waals surface area contributed by atoms with Gasteiger partial charge in [0.15, 0.2) is 0 Å². The Morgan fingerprint density at radius 2 is 2.00 bits per heavy atom. The molecule has 0 spiro atoms. The van der Waals surface area contributed by atoms with Crippen LogP contribution in [-0.2, 0) is 4.74 Å². The second-order valence-corrected chi connectivity index (χ2v) is 3.14. The fraction of sp³-hybridized carbons (Fsp3) is 0.857. The van der Waals surface area contributed by atoms with Crippen molar-refractivity contribution in [3.8, 4) is 0 Å². The van der Waals surface area contributed by atoms with Crippen molar-refractivity contribution in [3.63, 3.8) is 0 Å². The van der Waals surface area contributed by atoms with Crippen LogP contribution in [0, 0.1) is 0 Å². The summed E-state index contributed by atoms with van der Waals surface area (Å²) in [4.78, 5) is 10.2. The largest absolute Gasteiger partial charge is 1.00 e. The van der Waals surface area contributed by atoms with E-state index in [0.29, 0.717) is 6.61 Å². The van der Waals surface area contributed by atoms with Crippen LogP contribution in [0.5, 0.6) is 0 Å². The molecule has 0 aromatic rings. The van der Waals surface area contributed by atoms with Gasteiger partial charge in [-0.3, -0.25) is 0 Å². The predicted molar refractivity (Wildman–Crippen MR) is 43.1 cm³/mol. The molecule has 0 aliphatic heterocycles. The Balaban J connectivity index is 0. The number of ether oxygens (including phenoxy) is 1. The lowest BCUT2D eigenvalue weighted by molar-refractivity contribution is -0.888. The lowest BCUT2D eigenvalue weighted by Crippen LogP contribution is -3.00. The van der Waals surface area contributed by atoms with Gasteiger partial charge in [0.25, 0.3) is 0 Å². The molecule has 0 rings (SSSR count). The van der Waals surface area contributed by atoms with Crippen LogP contribution < -0.4 is 22.7 Å². The maximum absolute atomic E-state index is 10.2. The van der Waals surface area contributed by atoms with Crippen molar-refractivity contribution in [1.82, 2.24) is 0 Å². The Labute approximate surface area is 84.0 Å². The molecule has 0 aliphatic rings. The monoisotopic (exact) mass is 240 g/mol. The number of hydrogen-bond donors (Lipinski definition) is 1. The number of primary amides is 1. The van der Waals surface area contributed by atoms with Crippen LogP contribution >= 0.6 is 0 Å². The molecular formula is C7H17BrN2O2. The zero-order valence-corrected chi connectivity index (χ0v) is 9.43. The van der Waals surface area contributed by atoms with Gasteiger partial charge < -0.3 is 31.9 Å².